The summed E-state index contributed by atoms with van der Waals surface area (Å²) in [5, 5.41) is 5.33. The number of amides is 3. The van der Waals surface area contributed by atoms with Gasteiger partial charge in [0.25, 0.3) is 0 Å². The molecule has 1 aliphatic heterocycles. The van der Waals surface area contributed by atoms with Crippen LogP contribution in [0.15, 0.2) is 30.5 Å². The van der Waals surface area contributed by atoms with Crippen molar-refractivity contribution >= 4 is 23.4 Å². The largest absolute Gasteiger partial charge is 0.573 e. The van der Waals surface area contributed by atoms with Gasteiger partial charge in [0, 0.05) is 13.3 Å². The maximum Gasteiger partial charge on any atom is 0.573 e. The van der Waals surface area contributed by atoms with Crippen LogP contribution in [0.4, 0.5) is 33.9 Å². The summed E-state index contributed by atoms with van der Waals surface area (Å²) in [6.45, 7) is -0.396. The van der Waals surface area contributed by atoms with Crippen molar-refractivity contribution in [1.29, 1.82) is 0 Å². The molecular formula is C21H20F4N4O4. The highest BCUT2D eigenvalue weighted by molar-refractivity contribution is 6.08. The van der Waals surface area contributed by atoms with Crippen LogP contribution in [0.2, 0.25) is 0 Å². The Morgan fingerprint density at radius 3 is 2.73 bits per heavy atom. The zero-order valence-electron chi connectivity index (χ0n) is 17.4. The first-order chi connectivity index (χ1) is 15.6. The monoisotopic (exact) mass is 468 g/mol. The zero-order valence-corrected chi connectivity index (χ0v) is 17.4. The highest BCUT2D eigenvalue weighted by atomic mass is 19.4. The minimum Gasteiger partial charge on any atom is -0.403 e. The SMILES string of the molecule is COCC(NC(=O)N1CC(=O)Nc2cc(C3CC3)cnc21)c1ccc(OC(F)(F)F)c(F)c1. The molecule has 1 aromatic carbocycles. The van der Waals surface area contributed by atoms with E-state index >= 15 is 0 Å². The Labute approximate surface area is 185 Å². The molecule has 176 valence electrons. The number of carbonyl (C=O) groups is 2. The van der Waals surface area contributed by atoms with Gasteiger partial charge >= 0.3 is 12.4 Å². The van der Waals surface area contributed by atoms with Crippen LogP contribution in [0.5, 0.6) is 5.75 Å². The molecule has 0 radical (unpaired) electrons. The summed E-state index contributed by atoms with van der Waals surface area (Å²) in [5.74, 6) is -2.00. The van der Waals surface area contributed by atoms with E-state index in [1.54, 1.807) is 12.3 Å². The first-order valence-corrected chi connectivity index (χ1v) is 10.1. The van der Waals surface area contributed by atoms with E-state index in [-0.39, 0.29) is 24.5 Å². The van der Waals surface area contributed by atoms with E-state index in [1.165, 1.54) is 13.2 Å². The summed E-state index contributed by atoms with van der Waals surface area (Å²) in [7, 11) is 1.35. The smallest absolute Gasteiger partial charge is 0.403 e. The summed E-state index contributed by atoms with van der Waals surface area (Å²) in [4.78, 5) is 30.7. The van der Waals surface area contributed by atoms with E-state index in [2.05, 4.69) is 20.4 Å². The number of fused-ring (bicyclic) bond motifs is 1. The van der Waals surface area contributed by atoms with Crippen molar-refractivity contribution in [2.45, 2.75) is 31.2 Å². The summed E-state index contributed by atoms with van der Waals surface area (Å²) in [6.07, 6.45) is -1.30. The number of benzene rings is 1. The summed E-state index contributed by atoms with van der Waals surface area (Å²) < 4.78 is 60.1. The topological polar surface area (TPSA) is 92.8 Å². The molecule has 1 atom stereocenters. The predicted octanol–water partition coefficient (Wildman–Crippen LogP) is 3.85. The van der Waals surface area contributed by atoms with Gasteiger partial charge in [-0.2, -0.15) is 0 Å². The number of urea groups is 1. The number of pyridine rings is 1. The molecule has 1 unspecified atom stereocenters. The Morgan fingerprint density at radius 1 is 1.33 bits per heavy atom. The second-order valence-corrected chi connectivity index (χ2v) is 7.74. The standard InChI is InChI=1S/C21H20F4N4O4/c1-32-10-16(12-4-5-17(14(22)6-12)33-21(23,24)25)28-20(31)29-9-18(30)27-15-7-13(11-2-3-11)8-26-19(15)29/h4-8,11,16H,2-3,9-10H2,1H3,(H,27,30)(H,28,31). The lowest BCUT2D eigenvalue weighted by atomic mass is 10.1. The van der Waals surface area contributed by atoms with E-state index in [4.69, 9.17) is 4.74 Å². The first kappa shape index (κ1) is 22.8. The predicted molar refractivity (Wildman–Crippen MR) is 108 cm³/mol. The van der Waals surface area contributed by atoms with Crippen molar-refractivity contribution in [1.82, 2.24) is 10.3 Å². The molecule has 1 aromatic heterocycles. The van der Waals surface area contributed by atoms with Gasteiger partial charge < -0.3 is 20.1 Å². The number of ether oxygens (including phenoxy) is 2. The van der Waals surface area contributed by atoms with Crippen LogP contribution in [0, 0.1) is 5.82 Å². The van der Waals surface area contributed by atoms with Gasteiger partial charge in [-0.3, -0.25) is 9.69 Å². The maximum atomic E-state index is 14.2. The molecule has 2 heterocycles. The second kappa shape index (κ2) is 8.85. The molecular weight excluding hydrogens is 448 g/mol. The molecule has 0 spiro atoms. The fourth-order valence-corrected chi connectivity index (χ4v) is 3.55. The summed E-state index contributed by atoms with van der Waals surface area (Å²) in [6, 6.07) is 3.00. The number of hydrogen-bond donors (Lipinski definition) is 2. The van der Waals surface area contributed by atoms with Gasteiger partial charge in [0.05, 0.1) is 18.3 Å². The lowest BCUT2D eigenvalue weighted by Gasteiger charge is -2.30. The fraction of sp³-hybridized carbons (Fsp3) is 0.381. The van der Waals surface area contributed by atoms with Gasteiger partial charge in [-0.25, -0.2) is 14.2 Å². The minimum absolute atomic E-state index is 0.106. The Bertz CT molecular complexity index is 1070. The van der Waals surface area contributed by atoms with Crippen LogP contribution in [-0.2, 0) is 9.53 Å². The number of halogens is 4. The van der Waals surface area contributed by atoms with Crippen molar-refractivity contribution in [3.63, 3.8) is 0 Å². The van der Waals surface area contributed by atoms with E-state index in [0.717, 1.165) is 35.4 Å². The van der Waals surface area contributed by atoms with E-state index in [1.807, 2.05) is 0 Å². The van der Waals surface area contributed by atoms with Crippen LogP contribution in [0.25, 0.3) is 0 Å². The number of rotatable bonds is 6. The quantitative estimate of drug-likeness (QED) is 0.629. The van der Waals surface area contributed by atoms with Gasteiger partial charge in [0.2, 0.25) is 5.91 Å². The molecule has 0 saturated heterocycles. The van der Waals surface area contributed by atoms with Crippen molar-refractivity contribution in [3.8, 4) is 5.75 Å². The average molecular weight is 468 g/mol. The average Bonchev–Trinajstić information content (AvgIpc) is 3.58. The van der Waals surface area contributed by atoms with Gasteiger partial charge in [0.1, 0.15) is 6.54 Å². The Hall–Kier alpha value is -3.41. The molecule has 1 aliphatic carbocycles. The Kier molecular flexibility index (Phi) is 6.11. The minimum atomic E-state index is -5.04. The number of methoxy groups -OCH3 is 1. The van der Waals surface area contributed by atoms with Crippen molar-refractivity contribution in [2.24, 2.45) is 0 Å². The number of nitrogens with zero attached hydrogens (tertiary/aromatic N) is 2. The number of aromatic nitrogens is 1. The van der Waals surface area contributed by atoms with Gasteiger partial charge in [-0.15, -0.1) is 13.2 Å². The number of anilines is 2. The first-order valence-electron chi connectivity index (χ1n) is 10.1. The molecule has 8 nitrogen and oxygen atoms in total. The molecule has 2 aromatic rings. The molecule has 0 bridgehead atoms. The molecule has 1 saturated carbocycles. The fourth-order valence-electron chi connectivity index (χ4n) is 3.55. The van der Waals surface area contributed by atoms with Gasteiger partial charge in [-0.05, 0) is 48.1 Å². The van der Waals surface area contributed by atoms with Crippen LogP contribution >= 0.6 is 0 Å². The molecule has 1 fully saturated rings. The number of nitrogens with one attached hydrogen (secondary N) is 2. The maximum absolute atomic E-state index is 14.2. The summed E-state index contributed by atoms with van der Waals surface area (Å²) in [5.41, 5.74) is 1.54. The molecule has 2 aliphatic rings. The van der Waals surface area contributed by atoms with E-state index < -0.39 is 35.9 Å². The van der Waals surface area contributed by atoms with Gasteiger partial charge in [0.15, 0.2) is 17.4 Å². The van der Waals surface area contributed by atoms with Gasteiger partial charge in [-0.1, -0.05) is 6.07 Å². The zero-order chi connectivity index (χ0) is 23.8. The van der Waals surface area contributed by atoms with Crippen LogP contribution in [-0.4, -0.2) is 43.5 Å². The third-order valence-electron chi connectivity index (χ3n) is 5.23. The number of hydrogen-bond acceptors (Lipinski definition) is 5. The number of carbonyl (C=O) groups excluding carboxylic acids is 2. The highest BCUT2D eigenvalue weighted by Crippen LogP contribution is 2.42. The normalized spacial score (nSPS) is 16.6. The number of alkyl halides is 3. The van der Waals surface area contributed by atoms with Crippen molar-refractivity contribution < 1.29 is 36.6 Å². The van der Waals surface area contributed by atoms with Crippen molar-refractivity contribution in [2.75, 3.05) is 30.5 Å². The molecule has 12 heteroatoms. The molecule has 2 N–H and O–H groups in total. The lowest BCUT2D eigenvalue weighted by molar-refractivity contribution is -0.275. The third-order valence-corrected chi connectivity index (χ3v) is 5.23. The van der Waals surface area contributed by atoms with Crippen LogP contribution in [0.1, 0.15) is 35.9 Å². The Morgan fingerprint density at radius 2 is 2.09 bits per heavy atom. The van der Waals surface area contributed by atoms with Crippen LogP contribution in [0.3, 0.4) is 0 Å². The Balaban J connectivity index is 1.54. The lowest BCUT2D eigenvalue weighted by Crippen LogP contribution is -2.49. The summed E-state index contributed by atoms with van der Waals surface area (Å²) >= 11 is 0. The van der Waals surface area contributed by atoms with E-state index in [0.29, 0.717) is 11.6 Å². The highest BCUT2D eigenvalue weighted by Gasteiger charge is 2.34. The van der Waals surface area contributed by atoms with E-state index in [9.17, 15) is 27.2 Å². The van der Waals surface area contributed by atoms with Crippen LogP contribution < -0.4 is 20.3 Å². The molecule has 33 heavy (non-hydrogen) atoms. The third kappa shape index (κ3) is 5.33. The van der Waals surface area contributed by atoms with Crippen molar-refractivity contribution in [3.05, 3.63) is 47.4 Å². The molecule has 4 rings (SSSR count). The molecule has 3 amide bonds. The second-order valence-electron chi connectivity index (χ2n) is 7.74.